The Balaban J connectivity index is 3.05. The fraction of sp³-hybridized carbons (Fsp3) is 0.625. The Morgan fingerprint density at radius 1 is 1.60 bits per heavy atom. The molecule has 1 rings (SSSR count). The first kappa shape index (κ1) is 12.2. The number of nitrogens with two attached hydrogens (primary N) is 1. The van der Waals surface area contributed by atoms with Gasteiger partial charge in [-0.3, -0.25) is 5.10 Å². The molecule has 0 radical (unpaired) electrons. The maximum Gasteiger partial charge on any atom is 0.260 e. The molecular formula is C8H16N4O2S. The van der Waals surface area contributed by atoms with Gasteiger partial charge in [0.05, 0.1) is 6.20 Å². The largest absolute Gasteiger partial charge is 0.326 e. The molecule has 3 N–H and O–H groups in total. The van der Waals surface area contributed by atoms with Crippen LogP contribution in [0.25, 0.3) is 0 Å². The van der Waals surface area contributed by atoms with Crippen molar-refractivity contribution >= 4 is 10.0 Å². The molecular weight excluding hydrogens is 216 g/mol. The summed E-state index contributed by atoms with van der Waals surface area (Å²) in [6, 6.07) is 0. The number of rotatable bonds is 5. The van der Waals surface area contributed by atoms with Crippen LogP contribution in [0.4, 0.5) is 0 Å². The zero-order valence-corrected chi connectivity index (χ0v) is 9.71. The average Bonchev–Trinajstić information content (AvgIpc) is 2.66. The van der Waals surface area contributed by atoms with E-state index >= 15 is 0 Å². The molecule has 0 unspecified atom stereocenters. The van der Waals surface area contributed by atoms with E-state index in [2.05, 4.69) is 10.2 Å². The van der Waals surface area contributed by atoms with Crippen molar-refractivity contribution in [2.45, 2.75) is 24.9 Å². The predicted octanol–water partition coefficient (Wildman–Crippen LogP) is -0.101. The van der Waals surface area contributed by atoms with Crippen LogP contribution >= 0.6 is 0 Å². The van der Waals surface area contributed by atoms with E-state index in [4.69, 9.17) is 5.73 Å². The summed E-state index contributed by atoms with van der Waals surface area (Å²) in [6.45, 7) is 2.55. The Kier molecular flexibility index (Phi) is 3.83. The van der Waals surface area contributed by atoms with Crippen molar-refractivity contribution < 1.29 is 8.42 Å². The quantitative estimate of drug-likeness (QED) is 0.741. The van der Waals surface area contributed by atoms with Gasteiger partial charge < -0.3 is 5.73 Å². The van der Waals surface area contributed by atoms with Gasteiger partial charge in [-0.15, -0.1) is 0 Å². The second-order valence-corrected chi connectivity index (χ2v) is 5.24. The molecule has 0 atom stereocenters. The van der Waals surface area contributed by atoms with Crippen molar-refractivity contribution in [2.75, 3.05) is 13.6 Å². The van der Waals surface area contributed by atoms with E-state index in [-0.39, 0.29) is 11.6 Å². The minimum Gasteiger partial charge on any atom is -0.326 e. The van der Waals surface area contributed by atoms with Gasteiger partial charge in [0.2, 0.25) is 0 Å². The fourth-order valence-corrected chi connectivity index (χ4v) is 2.63. The summed E-state index contributed by atoms with van der Waals surface area (Å²) in [5, 5.41) is 6.27. The Bertz CT molecular complexity index is 412. The molecule has 7 heteroatoms. The highest BCUT2D eigenvalue weighted by Gasteiger charge is 2.24. The van der Waals surface area contributed by atoms with E-state index in [1.165, 1.54) is 10.5 Å². The predicted molar refractivity (Wildman–Crippen MR) is 56.6 cm³/mol. The van der Waals surface area contributed by atoms with E-state index in [1.807, 2.05) is 6.92 Å². The number of hydrogen-bond donors (Lipinski definition) is 2. The maximum atomic E-state index is 12.0. The summed E-state index contributed by atoms with van der Waals surface area (Å²) in [5.74, 6) is 0. The van der Waals surface area contributed by atoms with Crippen LogP contribution in [0.5, 0.6) is 0 Å². The smallest absolute Gasteiger partial charge is 0.260 e. The maximum absolute atomic E-state index is 12.0. The fourth-order valence-electron chi connectivity index (χ4n) is 1.26. The zero-order chi connectivity index (χ0) is 11.5. The molecule has 0 fully saturated rings. The van der Waals surface area contributed by atoms with Crippen LogP contribution in [-0.2, 0) is 16.6 Å². The Morgan fingerprint density at radius 2 is 2.27 bits per heavy atom. The van der Waals surface area contributed by atoms with Gasteiger partial charge in [-0.2, -0.15) is 9.40 Å². The van der Waals surface area contributed by atoms with E-state index in [0.29, 0.717) is 12.1 Å². The zero-order valence-electron chi connectivity index (χ0n) is 8.90. The van der Waals surface area contributed by atoms with Crippen molar-refractivity contribution in [1.29, 1.82) is 0 Å². The highest BCUT2D eigenvalue weighted by atomic mass is 32.2. The van der Waals surface area contributed by atoms with E-state index in [1.54, 1.807) is 7.05 Å². The average molecular weight is 232 g/mol. The molecule has 0 bridgehead atoms. The molecule has 6 nitrogen and oxygen atoms in total. The highest BCUT2D eigenvalue weighted by Crippen LogP contribution is 2.15. The number of nitrogens with one attached hydrogen (secondary N) is 1. The Morgan fingerprint density at radius 3 is 2.80 bits per heavy atom. The molecule has 1 aromatic rings. The molecule has 0 saturated carbocycles. The number of aromatic amines is 1. The summed E-state index contributed by atoms with van der Waals surface area (Å²) in [4.78, 5) is 0. The van der Waals surface area contributed by atoms with Crippen molar-refractivity contribution in [2.24, 2.45) is 5.73 Å². The second-order valence-electron chi connectivity index (χ2n) is 3.26. The summed E-state index contributed by atoms with van der Waals surface area (Å²) < 4.78 is 25.2. The summed E-state index contributed by atoms with van der Waals surface area (Å²) in [7, 11) is -1.92. The van der Waals surface area contributed by atoms with Gasteiger partial charge in [-0.05, 0) is 6.42 Å². The molecule has 1 heterocycles. The van der Waals surface area contributed by atoms with Gasteiger partial charge in [0.1, 0.15) is 0 Å². The van der Waals surface area contributed by atoms with E-state index in [9.17, 15) is 8.42 Å². The van der Waals surface area contributed by atoms with Gasteiger partial charge in [-0.1, -0.05) is 6.92 Å². The number of H-pyrrole nitrogens is 1. The first-order valence-corrected chi connectivity index (χ1v) is 6.16. The molecule has 86 valence electrons. The third-order valence-electron chi connectivity index (χ3n) is 2.10. The third kappa shape index (κ3) is 2.36. The SMILES string of the molecule is CCCN(C)S(=O)(=O)c1[nH]ncc1CN. The van der Waals surface area contributed by atoms with Crippen LogP contribution in [0.1, 0.15) is 18.9 Å². The van der Waals surface area contributed by atoms with Crippen LogP contribution < -0.4 is 5.73 Å². The molecule has 0 aromatic carbocycles. The lowest BCUT2D eigenvalue weighted by Gasteiger charge is -2.15. The lowest BCUT2D eigenvalue weighted by molar-refractivity contribution is 0.464. The number of aromatic nitrogens is 2. The first-order valence-electron chi connectivity index (χ1n) is 4.72. The number of hydrogen-bond acceptors (Lipinski definition) is 4. The Hall–Kier alpha value is -0.920. The van der Waals surface area contributed by atoms with Crippen LogP contribution in [0.15, 0.2) is 11.2 Å². The normalized spacial score (nSPS) is 12.3. The summed E-state index contributed by atoms with van der Waals surface area (Å²) in [6.07, 6.45) is 2.20. The molecule has 0 amide bonds. The lowest BCUT2D eigenvalue weighted by Crippen LogP contribution is -2.28. The van der Waals surface area contributed by atoms with Gasteiger partial charge in [0, 0.05) is 25.7 Å². The molecule has 0 aliphatic rings. The molecule has 0 saturated heterocycles. The highest BCUT2D eigenvalue weighted by molar-refractivity contribution is 7.89. The van der Waals surface area contributed by atoms with Crippen molar-refractivity contribution in [3.63, 3.8) is 0 Å². The topological polar surface area (TPSA) is 92.1 Å². The Labute approximate surface area is 89.5 Å². The van der Waals surface area contributed by atoms with Gasteiger partial charge in [-0.25, -0.2) is 8.42 Å². The monoisotopic (exact) mass is 232 g/mol. The minimum atomic E-state index is -3.47. The van der Waals surface area contributed by atoms with Gasteiger partial charge in [0.25, 0.3) is 10.0 Å². The molecule has 1 aromatic heterocycles. The van der Waals surface area contributed by atoms with Crippen molar-refractivity contribution in [3.8, 4) is 0 Å². The number of nitrogens with zero attached hydrogens (tertiary/aromatic N) is 2. The van der Waals surface area contributed by atoms with Gasteiger partial charge >= 0.3 is 0 Å². The van der Waals surface area contributed by atoms with Crippen LogP contribution in [0, 0.1) is 0 Å². The molecule has 0 spiro atoms. The third-order valence-corrected chi connectivity index (χ3v) is 3.98. The van der Waals surface area contributed by atoms with E-state index < -0.39 is 10.0 Å². The van der Waals surface area contributed by atoms with Gasteiger partial charge in [0.15, 0.2) is 5.03 Å². The molecule has 0 aliphatic carbocycles. The second kappa shape index (κ2) is 4.73. The molecule has 15 heavy (non-hydrogen) atoms. The van der Waals surface area contributed by atoms with Crippen molar-refractivity contribution in [3.05, 3.63) is 11.8 Å². The van der Waals surface area contributed by atoms with Crippen molar-refractivity contribution in [1.82, 2.24) is 14.5 Å². The first-order chi connectivity index (χ1) is 7.04. The molecule has 0 aliphatic heterocycles. The summed E-state index contributed by atoms with van der Waals surface area (Å²) >= 11 is 0. The summed E-state index contributed by atoms with van der Waals surface area (Å²) in [5.41, 5.74) is 5.93. The van der Waals surface area contributed by atoms with Crippen LogP contribution in [0.2, 0.25) is 0 Å². The lowest BCUT2D eigenvalue weighted by atomic mass is 10.4. The van der Waals surface area contributed by atoms with E-state index in [0.717, 1.165) is 6.42 Å². The standard InChI is InChI=1S/C8H16N4O2S/c1-3-4-12(2)15(13,14)8-7(5-9)6-10-11-8/h6H,3-5,9H2,1-2H3,(H,10,11). The number of sulfonamides is 1. The van der Waals surface area contributed by atoms with Crippen LogP contribution in [-0.4, -0.2) is 36.5 Å². The van der Waals surface area contributed by atoms with Crippen LogP contribution in [0.3, 0.4) is 0 Å². The minimum absolute atomic E-state index is 0.0981.